The number of carboxylic acid groups (broad SMARTS) is 1. The summed E-state index contributed by atoms with van der Waals surface area (Å²) in [5.41, 5.74) is 0.866. The van der Waals surface area contributed by atoms with E-state index in [-0.39, 0.29) is 36.0 Å². The van der Waals surface area contributed by atoms with Gasteiger partial charge in [0.15, 0.2) is 6.10 Å². The maximum absolute atomic E-state index is 13.3. The average molecular weight is 698 g/mol. The zero-order valence-electron chi connectivity index (χ0n) is 28.0. The number of aliphatic hydroxyl groups is 2. The molecule has 1 saturated heterocycles. The number of hydrogen-bond acceptors (Lipinski definition) is 11. The number of carbonyl (C=O) groups excluding carboxylic acids is 3. The van der Waals surface area contributed by atoms with Crippen molar-refractivity contribution in [1.82, 2.24) is 4.90 Å². The molecule has 4 aliphatic rings. The van der Waals surface area contributed by atoms with Crippen LogP contribution in [-0.2, 0) is 51.8 Å². The fourth-order valence-corrected chi connectivity index (χ4v) is 8.41. The fraction of sp³-hybridized carbons (Fsp3) is 0.385. The number of nitrogens with zero attached hydrogens (tertiary/aromatic N) is 1. The molecule has 0 amide bonds. The summed E-state index contributed by atoms with van der Waals surface area (Å²) in [4.78, 5) is 53.9. The Labute approximate surface area is 294 Å². The van der Waals surface area contributed by atoms with E-state index in [0.29, 0.717) is 24.2 Å². The molecule has 3 aromatic carbocycles. The largest absolute Gasteiger partial charge is 0.481 e. The molecule has 0 saturated carbocycles. The van der Waals surface area contributed by atoms with E-state index in [1.54, 1.807) is 42.5 Å². The molecule has 2 heterocycles. The molecule has 1 fully saturated rings. The molecule has 2 aliphatic carbocycles. The normalized spacial score (nSPS) is 25.6. The van der Waals surface area contributed by atoms with Gasteiger partial charge in [0.25, 0.3) is 0 Å². The van der Waals surface area contributed by atoms with Gasteiger partial charge in [0, 0.05) is 34.7 Å². The van der Waals surface area contributed by atoms with Crippen molar-refractivity contribution in [2.24, 2.45) is 0 Å². The molecule has 0 radical (unpaired) electrons. The molecule has 0 unspecified atom stereocenters. The van der Waals surface area contributed by atoms with E-state index in [9.17, 15) is 34.5 Å². The maximum Gasteiger partial charge on any atom is 0.353 e. The Hall–Kier alpha value is -5.04. The van der Waals surface area contributed by atoms with Crippen LogP contribution in [0.1, 0.15) is 72.1 Å². The number of likely N-dealkylation sites (N-methyl/N-ethyl adjacent to an activating group) is 1. The Kier molecular flexibility index (Phi) is 9.17. The molecule has 266 valence electrons. The molecule has 6 atom stereocenters. The van der Waals surface area contributed by atoms with Crippen LogP contribution in [-0.4, -0.2) is 75.4 Å². The summed E-state index contributed by atoms with van der Waals surface area (Å²) in [6.45, 7) is 0.518. The third-order valence-corrected chi connectivity index (χ3v) is 10.7. The Morgan fingerprint density at radius 2 is 1.59 bits per heavy atom. The number of esters is 3. The highest BCUT2D eigenvalue weighted by molar-refractivity contribution is 5.85. The number of ether oxygens (including phenoxy) is 4. The van der Waals surface area contributed by atoms with Gasteiger partial charge in [-0.1, -0.05) is 72.8 Å². The minimum Gasteiger partial charge on any atom is -0.481 e. The number of aliphatic carboxylic acids is 1. The molecule has 12 heteroatoms. The van der Waals surface area contributed by atoms with Gasteiger partial charge < -0.3 is 39.2 Å². The van der Waals surface area contributed by atoms with E-state index in [1.807, 2.05) is 19.2 Å². The van der Waals surface area contributed by atoms with Crippen LogP contribution in [0.4, 0.5) is 0 Å². The van der Waals surface area contributed by atoms with E-state index in [2.05, 4.69) is 4.90 Å². The van der Waals surface area contributed by atoms with Crippen LogP contribution in [0.25, 0.3) is 0 Å². The molecule has 2 aliphatic heterocycles. The van der Waals surface area contributed by atoms with E-state index < -0.39 is 66.0 Å². The van der Waals surface area contributed by atoms with Crippen molar-refractivity contribution in [2.45, 2.75) is 80.5 Å². The second kappa shape index (κ2) is 13.6. The fourth-order valence-electron chi connectivity index (χ4n) is 8.41. The van der Waals surface area contributed by atoms with Crippen molar-refractivity contribution in [1.29, 1.82) is 0 Å². The number of hydrogen-bond donors (Lipinski definition) is 3. The van der Waals surface area contributed by atoms with Crippen molar-refractivity contribution >= 4 is 23.9 Å². The Morgan fingerprint density at radius 3 is 2.25 bits per heavy atom. The Morgan fingerprint density at radius 1 is 0.922 bits per heavy atom. The van der Waals surface area contributed by atoms with Gasteiger partial charge in [0.1, 0.15) is 11.5 Å². The molecule has 2 bridgehead atoms. The van der Waals surface area contributed by atoms with Crippen LogP contribution < -0.4 is 4.74 Å². The second-order valence-corrected chi connectivity index (χ2v) is 13.6. The van der Waals surface area contributed by atoms with Crippen molar-refractivity contribution in [3.05, 3.63) is 112 Å². The molecule has 12 nitrogen and oxygen atoms in total. The summed E-state index contributed by atoms with van der Waals surface area (Å²) < 4.78 is 23.3. The van der Waals surface area contributed by atoms with Gasteiger partial charge in [-0.25, -0.2) is 9.59 Å². The Balaban J connectivity index is 1.06. The highest BCUT2D eigenvalue weighted by Crippen LogP contribution is 2.64. The first-order chi connectivity index (χ1) is 24.6. The van der Waals surface area contributed by atoms with Gasteiger partial charge in [0.05, 0.1) is 30.5 Å². The molecular formula is C39H39NO11. The predicted octanol–water partition coefficient (Wildman–Crippen LogP) is 3.82. The monoisotopic (exact) mass is 697 g/mol. The van der Waals surface area contributed by atoms with Crippen LogP contribution >= 0.6 is 0 Å². The van der Waals surface area contributed by atoms with Crippen molar-refractivity contribution in [2.75, 3.05) is 13.6 Å². The molecular weight excluding hydrogens is 658 g/mol. The first kappa shape index (κ1) is 34.4. The first-order valence-corrected chi connectivity index (χ1v) is 17.1. The number of aliphatic hydroxyl groups excluding tert-OH is 1. The molecule has 7 rings (SSSR count). The van der Waals surface area contributed by atoms with E-state index in [1.165, 1.54) is 24.3 Å². The molecule has 3 aromatic rings. The highest BCUT2D eigenvalue weighted by atomic mass is 16.6. The van der Waals surface area contributed by atoms with Crippen LogP contribution in [0.15, 0.2) is 84.6 Å². The standard InChI is InChI=1S/C39H39NO11/c1-40-20-8-18-38-31-25-13-14-26(22-41)32(31)50-35(38)27(17-19-39(38,47)28(40)21-25)48-29(42)15-16-30(43)49-34(24-11-6-3-7-12-24)37(46)51-33(36(44)45)23-9-4-2-5-10-23/h2-7,9-14,17,28,33-35,41,47H,8,15-16,18-22H2,1H3,(H,44,45)/t28-,33+,34+,35+,38+,39-/m1/s1. The van der Waals surface area contributed by atoms with Crippen molar-refractivity contribution in [3.63, 3.8) is 0 Å². The van der Waals surface area contributed by atoms with Gasteiger partial charge in [0.2, 0.25) is 12.2 Å². The first-order valence-electron chi connectivity index (χ1n) is 17.1. The summed E-state index contributed by atoms with van der Waals surface area (Å²) in [5.74, 6) is -3.38. The lowest BCUT2D eigenvalue weighted by Gasteiger charge is -2.56. The van der Waals surface area contributed by atoms with Crippen LogP contribution in [0.3, 0.4) is 0 Å². The average Bonchev–Trinajstić information content (AvgIpc) is 3.47. The maximum atomic E-state index is 13.3. The summed E-state index contributed by atoms with van der Waals surface area (Å²) >= 11 is 0. The smallest absolute Gasteiger partial charge is 0.353 e. The van der Waals surface area contributed by atoms with Crippen LogP contribution in [0.2, 0.25) is 0 Å². The summed E-state index contributed by atoms with van der Waals surface area (Å²) in [7, 11) is 2.01. The minimum atomic E-state index is -1.64. The SMILES string of the molecule is CN1CCC[C@]23c4c5ccc(CO)c4O[C@H]2C(OC(=O)CCC(=O)O[C@H](C(=O)O[C@H](C(=O)O)c2ccccc2)c2ccccc2)=CC[C@@]3(O)[C@H]1C5. The lowest BCUT2D eigenvalue weighted by molar-refractivity contribution is -0.178. The van der Waals surface area contributed by atoms with E-state index >= 15 is 0 Å². The topological polar surface area (TPSA) is 169 Å². The predicted molar refractivity (Wildman–Crippen MR) is 179 cm³/mol. The summed E-state index contributed by atoms with van der Waals surface area (Å²) in [5, 5.41) is 32.5. The van der Waals surface area contributed by atoms with Gasteiger partial charge >= 0.3 is 23.9 Å². The lowest BCUT2D eigenvalue weighted by Crippen LogP contribution is -2.69. The van der Waals surface area contributed by atoms with Crippen LogP contribution in [0.5, 0.6) is 5.75 Å². The van der Waals surface area contributed by atoms with Crippen molar-refractivity contribution in [3.8, 4) is 5.75 Å². The number of likely N-dealkylation sites (tertiary alicyclic amines) is 1. The minimum absolute atomic E-state index is 0.199. The van der Waals surface area contributed by atoms with Gasteiger partial charge in [-0.3, -0.25) is 9.59 Å². The van der Waals surface area contributed by atoms with Gasteiger partial charge in [-0.2, -0.15) is 0 Å². The van der Waals surface area contributed by atoms with E-state index in [4.69, 9.17) is 18.9 Å². The van der Waals surface area contributed by atoms with Gasteiger partial charge in [-0.15, -0.1) is 0 Å². The van der Waals surface area contributed by atoms with E-state index in [0.717, 1.165) is 24.1 Å². The second-order valence-electron chi connectivity index (χ2n) is 13.6. The number of carbonyl (C=O) groups is 4. The lowest BCUT2D eigenvalue weighted by atomic mass is 9.52. The molecule has 1 spiro atoms. The highest BCUT2D eigenvalue weighted by Gasteiger charge is 2.70. The van der Waals surface area contributed by atoms with Crippen molar-refractivity contribution < 1.29 is 53.4 Å². The summed E-state index contributed by atoms with van der Waals surface area (Å²) in [6.07, 6.45) is -1.03. The van der Waals surface area contributed by atoms with Crippen LogP contribution in [0, 0.1) is 0 Å². The third kappa shape index (κ3) is 5.86. The molecule has 0 aromatic heterocycles. The molecule has 51 heavy (non-hydrogen) atoms. The number of carboxylic acids is 1. The zero-order valence-corrected chi connectivity index (χ0v) is 28.0. The molecule has 3 N–H and O–H groups in total. The quantitative estimate of drug-likeness (QED) is 0.196. The number of rotatable bonds is 11. The third-order valence-electron chi connectivity index (χ3n) is 10.7. The summed E-state index contributed by atoms with van der Waals surface area (Å²) in [6, 6.07) is 19.6. The Bertz CT molecular complexity index is 1880. The zero-order chi connectivity index (χ0) is 35.9. The van der Waals surface area contributed by atoms with Gasteiger partial charge in [-0.05, 0) is 44.5 Å². The number of benzene rings is 3.